The number of amides is 3. The third-order valence-corrected chi connectivity index (χ3v) is 4.30. The van der Waals surface area contributed by atoms with Gasteiger partial charge in [0.25, 0.3) is 0 Å². The van der Waals surface area contributed by atoms with Crippen LogP contribution in [0.5, 0.6) is 0 Å². The molecule has 1 N–H and O–H groups in total. The van der Waals surface area contributed by atoms with E-state index in [1.54, 1.807) is 0 Å². The van der Waals surface area contributed by atoms with Crippen LogP contribution < -0.4 is 5.32 Å². The number of fused-ring (bicyclic) bond motifs is 1. The Labute approximate surface area is 114 Å². The van der Waals surface area contributed by atoms with Crippen LogP contribution in [0.3, 0.4) is 0 Å². The lowest BCUT2D eigenvalue weighted by Gasteiger charge is -2.23. The second kappa shape index (κ2) is 4.69. The van der Waals surface area contributed by atoms with E-state index >= 15 is 0 Å². The maximum atomic E-state index is 12.3. The molecule has 19 heavy (non-hydrogen) atoms. The summed E-state index contributed by atoms with van der Waals surface area (Å²) in [4.78, 5) is 28.1. The highest BCUT2D eigenvalue weighted by molar-refractivity contribution is 5.84. The second-order valence-corrected chi connectivity index (χ2v) is 6.63. The van der Waals surface area contributed by atoms with Crippen LogP contribution in [-0.4, -0.2) is 54.0 Å². The van der Waals surface area contributed by atoms with Crippen LogP contribution in [0.4, 0.5) is 4.79 Å². The quantitative estimate of drug-likeness (QED) is 0.824. The molecule has 5 nitrogen and oxygen atoms in total. The molecule has 1 saturated carbocycles. The van der Waals surface area contributed by atoms with E-state index in [1.165, 1.54) is 0 Å². The zero-order chi connectivity index (χ0) is 13.6. The predicted octanol–water partition coefficient (Wildman–Crippen LogP) is 0.905. The van der Waals surface area contributed by atoms with E-state index in [4.69, 9.17) is 0 Å². The standard InChI is InChI=1S/C14H23N3O2/c1-9(2)5-16-6-10-7-17(8-12(10)13(16)18)14(19)15-11-3-4-11/h9-12H,3-8H2,1-2H3,(H,15,19)/t10-,12+/m1/s1. The van der Waals surface area contributed by atoms with Crippen molar-refractivity contribution in [1.82, 2.24) is 15.1 Å². The SMILES string of the molecule is CC(C)CN1C[C@@H]2CN(C(=O)NC3CC3)C[C@@H]2C1=O. The minimum Gasteiger partial charge on any atom is -0.342 e. The molecule has 5 heteroatoms. The zero-order valence-corrected chi connectivity index (χ0v) is 11.8. The van der Waals surface area contributed by atoms with E-state index in [0.717, 1.165) is 32.5 Å². The number of nitrogens with zero attached hydrogens (tertiary/aromatic N) is 2. The minimum atomic E-state index is 0.0279. The van der Waals surface area contributed by atoms with E-state index in [1.807, 2.05) is 9.80 Å². The van der Waals surface area contributed by atoms with Crippen LogP contribution in [0.2, 0.25) is 0 Å². The molecule has 2 saturated heterocycles. The van der Waals surface area contributed by atoms with Gasteiger partial charge in [0, 0.05) is 38.1 Å². The van der Waals surface area contributed by atoms with E-state index in [9.17, 15) is 9.59 Å². The van der Waals surface area contributed by atoms with Gasteiger partial charge >= 0.3 is 6.03 Å². The molecule has 0 bridgehead atoms. The molecule has 0 aromatic heterocycles. The van der Waals surface area contributed by atoms with Gasteiger partial charge in [-0.2, -0.15) is 0 Å². The van der Waals surface area contributed by atoms with Gasteiger partial charge in [0.1, 0.15) is 0 Å². The Morgan fingerprint density at radius 2 is 2.05 bits per heavy atom. The third-order valence-electron chi connectivity index (χ3n) is 4.30. The van der Waals surface area contributed by atoms with Gasteiger partial charge in [0.05, 0.1) is 5.92 Å². The minimum absolute atomic E-state index is 0.0279. The van der Waals surface area contributed by atoms with Crippen molar-refractivity contribution in [3.05, 3.63) is 0 Å². The molecule has 0 unspecified atom stereocenters. The Morgan fingerprint density at radius 1 is 1.32 bits per heavy atom. The Morgan fingerprint density at radius 3 is 2.63 bits per heavy atom. The number of carbonyl (C=O) groups excluding carboxylic acids is 2. The van der Waals surface area contributed by atoms with Crippen molar-refractivity contribution in [2.24, 2.45) is 17.8 Å². The molecule has 0 aromatic carbocycles. The summed E-state index contributed by atoms with van der Waals surface area (Å²) in [6, 6.07) is 0.418. The maximum Gasteiger partial charge on any atom is 0.317 e. The number of nitrogens with one attached hydrogen (secondary N) is 1. The number of rotatable bonds is 3. The Kier molecular flexibility index (Phi) is 3.15. The van der Waals surface area contributed by atoms with Crippen LogP contribution in [0.25, 0.3) is 0 Å². The smallest absolute Gasteiger partial charge is 0.317 e. The first kappa shape index (κ1) is 12.8. The summed E-state index contributed by atoms with van der Waals surface area (Å²) < 4.78 is 0. The van der Waals surface area contributed by atoms with Crippen LogP contribution in [0.15, 0.2) is 0 Å². The molecule has 2 atom stereocenters. The second-order valence-electron chi connectivity index (χ2n) is 6.63. The van der Waals surface area contributed by atoms with Gasteiger partial charge in [-0.05, 0) is 18.8 Å². The molecular weight excluding hydrogens is 242 g/mol. The summed E-state index contributed by atoms with van der Waals surface area (Å²) in [5.41, 5.74) is 0. The molecule has 2 aliphatic heterocycles. The highest BCUT2D eigenvalue weighted by Gasteiger charge is 2.47. The molecule has 1 aliphatic carbocycles. The maximum absolute atomic E-state index is 12.3. The summed E-state index contributed by atoms with van der Waals surface area (Å²) in [5, 5.41) is 3.01. The molecule has 3 rings (SSSR count). The number of carbonyl (C=O) groups is 2. The highest BCUT2D eigenvalue weighted by Crippen LogP contribution is 2.33. The Hall–Kier alpha value is -1.26. The molecule has 3 amide bonds. The lowest BCUT2D eigenvalue weighted by molar-refractivity contribution is -0.131. The largest absolute Gasteiger partial charge is 0.342 e. The van der Waals surface area contributed by atoms with Crippen molar-refractivity contribution in [3.8, 4) is 0 Å². The van der Waals surface area contributed by atoms with Crippen LogP contribution in [-0.2, 0) is 4.79 Å². The van der Waals surface area contributed by atoms with Gasteiger partial charge in [0.2, 0.25) is 5.91 Å². The van der Waals surface area contributed by atoms with Gasteiger partial charge in [-0.25, -0.2) is 4.79 Å². The number of likely N-dealkylation sites (tertiary alicyclic amines) is 2. The molecule has 3 fully saturated rings. The van der Waals surface area contributed by atoms with Crippen LogP contribution in [0, 0.1) is 17.8 Å². The van der Waals surface area contributed by atoms with Crippen molar-refractivity contribution in [3.63, 3.8) is 0 Å². The monoisotopic (exact) mass is 265 g/mol. The van der Waals surface area contributed by atoms with Gasteiger partial charge in [0.15, 0.2) is 0 Å². The fourth-order valence-electron chi connectivity index (χ4n) is 3.21. The van der Waals surface area contributed by atoms with E-state index < -0.39 is 0 Å². The molecule has 2 heterocycles. The fraction of sp³-hybridized carbons (Fsp3) is 0.857. The third kappa shape index (κ3) is 2.55. The number of hydrogen-bond acceptors (Lipinski definition) is 2. The summed E-state index contributed by atoms with van der Waals surface area (Å²) in [7, 11) is 0. The first-order chi connectivity index (χ1) is 9.04. The zero-order valence-electron chi connectivity index (χ0n) is 11.8. The summed E-state index contributed by atoms with van der Waals surface area (Å²) in [5.74, 6) is 1.15. The van der Waals surface area contributed by atoms with Gasteiger partial charge in [-0.1, -0.05) is 13.8 Å². The van der Waals surface area contributed by atoms with Crippen molar-refractivity contribution in [2.75, 3.05) is 26.2 Å². The molecular formula is C14H23N3O2. The van der Waals surface area contributed by atoms with E-state index in [2.05, 4.69) is 19.2 Å². The van der Waals surface area contributed by atoms with Crippen LogP contribution in [0.1, 0.15) is 26.7 Å². The Bertz CT molecular complexity index is 392. The van der Waals surface area contributed by atoms with E-state index in [0.29, 0.717) is 24.4 Å². The summed E-state index contributed by atoms with van der Waals surface area (Å²) in [6.45, 7) is 7.29. The van der Waals surface area contributed by atoms with Crippen molar-refractivity contribution < 1.29 is 9.59 Å². The Balaban J connectivity index is 1.56. The lowest BCUT2D eigenvalue weighted by atomic mass is 10.0. The van der Waals surface area contributed by atoms with E-state index in [-0.39, 0.29) is 17.9 Å². The average molecular weight is 265 g/mol. The van der Waals surface area contributed by atoms with Crippen molar-refractivity contribution >= 4 is 11.9 Å². The highest BCUT2D eigenvalue weighted by atomic mass is 16.2. The van der Waals surface area contributed by atoms with Crippen LogP contribution >= 0.6 is 0 Å². The number of hydrogen-bond donors (Lipinski definition) is 1. The topological polar surface area (TPSA) is 52.6 Å². The molecule has 0 spiro atoms. The van der Waals surface area contributed by atoms with Gasteiger partial charge in [-0.15, -0.1) is 0 Å². The van der Waals surface area contributed by atoms with Gasteiger partial charge < -0.3 is 15.1 Å². The summed E-state index contributed by atoms with van der Waals surface area (Å²) >= 11 is 0. The average Bonchev–Trinajstić information content (AvgIpc) is 2.97. The fourth-order valence-corrected chi connectivity index (χ4v) is 3.21. The molecule has 3 aliphatic rings. The predicted molar refractivity (Wildman–Crippen MR) is 71.5 cm³/mol. The summed E-state index contributed by atoms with van der Waals surface area (Å²) in [6.07, 6.45) is 2.21. The molecule has 106 valence electrons. The van der Waals surface area contributed by atoms with Crippen molar-refractivity contribution in [2.45, 2.75) is 32.7 Å². The van der Waals surface area contributed by atoms with Crippen molar-refractivity contribution in [1.29, 1.82) is 0 Å². The number of urea groups is 1. The van der Waals surface area contributed by atoms with Gasteiger partial charge in [-0.3, -0.25) is 4.79 Å². The lowest BCUT2D eigenvalue weighted by Crippen LogP contribution is -2.42. The first-order valence-corrected chi connectivity index (χ1v) is 7.39. The normalized spacial score (nSPS) is 30.2. The molecule has 0 radical (unpaired) electrons. The molecule has 0 aromatic rings. The first-order valence-electron chi connectivity index (χ1n) is 7.39.